The Morgan fingerprint density at radius 3 is 2.70 bits per heavy atom. The Kier molecular flexibility index (Phi) is 6.24. The van der Waals surface area contributed by atoms with E-state index in [1.54, 1.807) is 12.1 Å². The fraction of sp³-hybridized carbons (Fsp3) is 0.412. The van der Waals surface area contributed by atoms with Gasteiger partial charge in [-0.3, -0.25) is 4.79 Å². The molecule has 124 valence electrons. The number of nitrogens with zero attached hydrogens (tertiary/aromatic N) is 1. The van der Waals surface area contributed by atoms with E-state index >= 15 is 0 Å². The number of carbonyl (C=O) groups is 1. The SMILES string of the molecule is CNCCCC(=O)NC(C)c1sc(-c2ccc(F)cc2)nc1C. The number of nitrogens with one attached hydrogen (secondary N) is 2. The summed E-state index contributed by atoms with van der Waals surface area (Å²) in [5, 5.41) is 6.88. The molecule has 1 amide bonds. The number of hydrogen-bond donors (Lipinski definition) is 2. The molecule has 0 spiro atoms. The predicted molar refractivity (Wildman–Crippen MR) is 92.0 cm³/mol. The Morgan fingerprint density at radius 1 is 1.35 bits per heavy atom. The van der Waals surface area contributed by atoms with E-state index in [-0.39, 0.29) is 17.8 Å². The maximum absolute atomic E-state index is 13.0. The first-order chi connectivity index (χ1) is 11.0. The van der Waals surface area contributed by atoms with E-state index in [1.807, 2.05) is 20.9 Å². The van der Waals surface area contributed by atoms with E-state index in [1.165, 1.54) is 23.5 Å². The number of aromatic nitrogens is 1. The summed E-state index contributed by atoms with van der Waals surface area (Å²) in [6, 6.07) is 6.22. The van der Waals surface area contributed by atoms with E-state index in [2.05, 4.69) is 15.6 Å². The van der Waals surface area contributed by atoms with Crippen molar-refractivity contribution in [2.24, 2.45) is 0 Å². The van der Waals surface area contributed by atoms with Gasteiger partial charge in [-0.25, -0.2) is 9.37 Å². The zero-order valence-corrected chi connectivity index (χ0v) is 14.5. The molecule has 0 aliphatic rings. The highest BCUT2D eigenvalue weighted by molar-refractivity contribution is 7.15. The van der Waals surface area contributed by atoms with E-state index in [9.17, 15) is 9.18 Å². The van der Waals surface area contributed by atoms with Crippen LogP contribution in [0.1, 0.15) is 36.4 Å². The van der Waals surface area contributed by atoms with Gasteiger partial charge in [-0.15, -0.1) is 11.3 Å². The van der Waals surface area contributed by atoms with Gasteiger partial charge in [-0.05, 0) is 58.1 Å². The number of carbonyl (C=O) groups excluding carboxylic acids is 1. The predicted octanol–water partition coefficient (Wildman–Crippen LogP) is 3.43. The summed E-state index contributed by atoms with van der Waals surface area (Å²) >= 11 is 1.54. The average Bonchev–Trinajstić information content (AvgIpc) is 2.90. The average molecular weight is 335 g/mol. The van der Waals surface area contributed by atoms with Crippen LogP contribution in [0.2, 0.25) is 0 Å². The fourth-order valence-corrected chi connectivity index (χ4v) is 3.40. The number of rotatable bonds is 7. The molecule has 1 heterocycles. The van der Waals surface area contributed by atoms with Crippen LogP contribution in [0.5, 0.6) is 0 Å². The highest BCUT2D eigenvalue weighted by Crippen LogP contribution is 2.31. The van der Waals surface area contributed by atoms with Crippen LogP contribution in [0.25, 0.3) is 10.6 Å². The third kappa shape index (κ3) is 4.84. The molecule has 0 saturated heterocycles. The van der Waals surface area contributed by atoms with E-state index in [0.717, 1.165) is 34.1 Å². The van der Waals surface area contributed by atoms with Gasteiger partial charge in [0.15, 0.2) is 0 Å². The Bertz CT molecular complexity index is 654. The molecule has 6 heteroatoms. The molecular weight excluding hydrogens is 313 g/mol. The smallest absolute Gasteiger partial charge is 0.220 e. The third-order valence-electron chi connectivity index (χ3n) is 3.53. The van der Waals surface area contributed by atoms with Crippen molar-refractivity contribution in [2.75, 3.05) is 13.6 Å². The van der Waals surface area contributed by atoms with Crippen molar-refractivity contribution < 1.29 is 9.18 Å². The molecule has 0 radical (unpaired) electrons. The van der Waals surface area contributed by atoms with Crippen LogP contribution in [0.3, 0.4) is 0 Å². The highest BCUT2D eigenvalue weighted by atomic mass is 32.1. The summed E-state index contributed by atoms with van der Waals surface area (Å²) in [5.74, 6) is -0.215. The Balaban J connectivity index is 2.05. The molecule has 0 aliphatic heterocycles. The second kappa shape index (κ2) is 8.17. The first-order valence-corrected chi connectivity index (χ1v) is 8.50. The second-order valence-corrected chi connectivity index (χ2v) is 6.50. The van der Waals surface area contributed by atoms with Gasteiger partial charge in [0, 0.05) is 12.0 Å². The number of halogens is 1. The number of benzene rings is 1. The van der Waals surface area contributed by atoms with Crippen molar-refractivity contribution in [1.29, 1.82) is 0 Å². The molecule has 23 heavy (non-hydrogen) atoms. The number of aryl methyl sites for hydroxylation is 1. The van der Waals surface area contributed by atoms with Gasteiger partial charge in [0.25, 0.3) is 0 Å². The molecule has 1 unspecified atom stereocenters. The lowest BCUT2D eigenvalue weighted by atomic mass is 10.2. The van der Waals surface area contributed by atoms with Gasteiger partial charge in [0.05, 0.1) is 16.6 Å². The lowest BCUT2D eigenvalue weighted by molar-refractivity contribution is -0.121. The van der Waals surface area contributed by atoms with Crippen molar-refractivity contribution in [3.8, 4) is 10.6 Å². The van der Waals surface area contributed by atoms with Gasteiger partial charge in [-0.2, -0.15) is 0 Å². The number of hydrogen-bond acceptors (Lipinski definition) is 4. The van der Waals surface area contributed by atoms with Gasteiger partial charge in [-0.1, -0.05) is 0 Å². The molecule has 0 bridgehead atoms. The molecule has 0 saturated carbocycles. The monoisotopic (exact) mass is 335 g/mol. The fourth-order valence-electron chi connectivity index (χ4n) is 2.33. The normalized spacial score (nSPS) is 12.2. The lowest BCUT2D eigenvalue weighted by Crippen LogP contribution is -2.27. The zero-order chi connectivity index (χ0) is 16.8. The van der Waals surface area contributed by atoms with Crippen LogP contribution in [-0.4, -0.2) is 24.5 Å². The summed E-state index contributed by atoms with van der Waals surface area (Å²) in [6.45, 7) is 4.73. The molecule has 1 aromatic carbocycles. The van der Waals surface area contributed by atoms with Gasteiger partial charge in [0.1, 0.15) is 10.8 Å². The number of amides is 1. The minimum absolute atomic E-state index is 0.0453. The summed E-state index contributed by atoms with van der Waals surface area (Å²) in [7, 11) is 1.87. The minimum Gasteiger partial charge on any atom is -0.349 e. The van der Waals surface area contributed by atoms with Crippen LogP contribution in [-0.2, 0) is 4.79 Å². The molecule has 0 aliphatic carbocycles. The Morgan fingerprint density at radius 2 is 2.04 bits per heavy atom. The van der Waals surface area contributed by atoms with Crippen LogP contribution < -0.4 is 10.6 Å². The van der Waals surface area contributed by atoms with Gasteiger partial charge < -0.3 is 10.6 Å². The topological polar surface area (TPSA) is 54.0 Å². The first-order valence-electron chi connectivity index (χ1n) is 7.68. The van der Waals surface area contributed by atoms with Crippen molar-refractivity contribution in [1.82, 2.24) is 15.6 Å². The highest BCUT2D eigenvalue weighted by Gasteiger charge is 2.17. The molecule has 2 N–H and O–H groups in total. The molecule has 4 nitrogen and oxygen atoms in total. The maximum atomic E-state index is 13.0. The van der Waals surface area contributed by atoms with Crippen molar-refractivity contribution in [2.45, 2.75) is 32.7 Å². The zero-order valence-electron chi connectivity index (χ0n) is 13.6. The van der Waals surface area contributed by atoms with Gasteiger partial charge in [0.2, 0.25) is 5.91 Å². The molecule has 2 rings (SSSR count). The third-order valence-corrected chi connectivity index (χ3v) is 4.91. The Hall–Kier alpha value is -1.79. The summed E-state index contributed by atoms with van der Waals surface area (Å²) in [5.41, 5.74) is 1.79. The van der Waals surface area contributed by atoms with Gasteiger partial charge >= 0.3 is 0 Å². The first kappa shape index (κ1) is 17.6. The standard InChI is InChI=1S/C17H22FN3OS/c1-11(20-15(22)5-4-10-19-3)16-12(2)21-17(23-16)13-6-8-14(18)9-7-13/h6-9,11,19H,4-5,10H2,1-3H3,(H,20,22). The van der Waals surface area contributed by atoms with Crippen LogP contribution in [0.4, 0.5) is 4.39 Å². The maximum Gasteiger partial charge on any atom is 0.220 e. The van der Waals surface area contributed by atoms with Crippen LogP contribution in [0, 0.1) is 12.7 Å². The molecule has 0 fully saturated rings. The van der Waals surface area contributed by atoms with Crippen LogP contribution >= 0.6 is 11.3 Å². The number of thiazole rings is 1. The van der Waals surface area contributed by atoms with Crippen molar-refractivity contribution in [3.05, 3.63) is 40.7 Å². The van der Waals surface area contributed by atoms with Crippen LogP contribution in [0.15, 0.2) is 24.3 Å². The van der Waals surface area contributed by atoms with Crippen molar-refractivity contribution in [3.63, 3.8) is 0 Å². The molecule has 1 aromatic heterocycles. The molecular formula is C17H22FN3OS. The quantitative estimate of drug-likeness (QED) is 0.762. The second-order valence-electron chi connectivity index (χ2n) is 5.47. The lowest BCUT2D eigenvalue weighted by Gasteiger charge is -2.12. The minimum atomic E-state index is -0.260. The molecule has 1 atom stereocenters. The summed E-state index contributed by atoms with van der Waals surface area (Å²) < 4.78 is 13.0. The van der Waals surface area contributed by atoms with E-state index in [0.29, 0.717) is 6.42 Å². The Labute approximate surface area is 140 Å². The van der Waals surface area contributed by atoms with Crippen molar-refractivity contribution >= 4 is 17.2 Å². The molecule has 2 aromatic rings. The largest absolute Gasteiger partial charge is 0.349 e. The van der Waals surface area contributed by atoms with E-state index < -0.39 is 0 Å². The summed E-state index contributed by atoms with van der Waals surface area (Å²) in [6.07, 6.45) is 1.32. The van der Waals surface area contributed by atoms with E-state index in [4.69, 9.17) is 0 Å². The summed E-state index contributed by atoms with van der Waals surface area (Å²) in [4.78, 5) is 17.5.